The Kier molecular flexibility index (Phi) is 5.45. The van der Waals surface area contributed by atoms with Gasteiger partial charge in [0.15, 0.2) is 0 Å². The predicted molar refractivity (Wildman–Crippen MR) is 62.7 cm³/mol. The third-order valence-electron chi connectivity index (χ3n) is 2.30. The second-order valence-electron chi connectivity index (χ2n) is 3.50. The Labute approximate surface area is 100 Å². The molecule has 0 spiro atoms. The minimum atomic E-state index is -0.595. The summed E-state index contributed by atoms with van der Waals surface area (Å²) in [6, 6.07) is 5.91. The van der Waals surface area contributed by atoms with Gasteiger partial charge in [0, 0.05) is 13.7 Å². The molecule has 1 aromatic carbocycles. The Morgan fingerprint density at radius 2 is 2.24 bits per heavy atom. The standard InChI is InChI=1S/C12H17NO4/c1-16-7-6-13-11(12(15)17-2)9-4-3-5-10(14)8-9/h3-5,8,11,13-14H,6-7H2,1-2H3. The first-order valence-electron chi connectivity index (χ1n) is 5.28. The number of carbonyl (C=O) groups is 1. The van der Waals surface area contributed by atoms with Crippen LogP contribution in [-0.4, -0.2) is 38.4 Å². The van der Waals surface area contributed by atoms with E-state index in [4.69, 9.17) is 9.47 Å². The van der Waals surface area contributed by atoms with E-state index in [9.17, 15) is 9.90 Å². The molecule has 5 heteroatoms. The normalized spacial score (nSPS) is 12.1. The number of methoxy groups -OCH3 is 2. The van der Waals surface area contributed by atoms with Gasteiger partial charge in [-0.3, -0.25) is 5.32 Å². The molecule has 0 aliphatic carbocycles. The maximum absolute atomic E-state index is 11.6. The highest BCUT2D eigenvalue weighted by atomic mass is 16.5. The number of hydrogen-bond donors (Lipinski definition) is 2. The first-order valence-corrected chi connectivity index (χ1v) is 5.28. The van der Waals surface area contributed by atoms with E-state index in [-0.39, 0.29) is 5.75 Å². The van der Waals surface area contributed by atoms with Crippen molar-refractivity contribution in [2.24, 2.45) is 0 Å². The maximum Gasteiger partial charge on any atom is 0.327 e. The number of ether oxygens (including phenoxy) is 2. The van der Waals surface area contributed by atoms with E-state index in [0.717, 1.165) is 0 Å². The molecule has 0 amide bonds. The molecular weight excluding hydrogens is 222 g/mol. The van der Waals surface area contributed by atoms with Crippen LogP contribution in [0.5, 0.6) is 5.75 Å². The number of phenols is 1. The SMILES string of the molecule is COCCNC(C(=O)OC)c1cccc(O)c1. The van der Waals surface area contributed by atoms with Crippen molar-refractivity contribution in [2.75, 3.05) is 27.4 Å². The summed E-state index contributed by atoms with van der Waals surface area (Å²) in [5.41, 5.74) is 0.660. The number of hydrogen-bond acceptors (Lipinski definition) is 5. The zero-order valence-corrected chi connectivity index (χ0v) is 9.97. The first kappa shape index (κ1) is 13.5. The Hall–Kier alpha value is -1.59. The third-order valence-corrected chi connectivity index (χ3v) is 2.30. The largest absolute Gasteiger partial charge is 0.508 e. The number of carbonyl (C=O) groups excluding carboxylic acids is 1. The molecule has 0 saturated heterocycles. The van der Waals surface area contributed by atoms with Crippen molar-refractivity contribution in [2.45, 2.75) is 6.04 Å². The van der Waals surface area contributed by atoms with E-state index in [1.807, 2.05) is 0 Å². The Bertz CT molecular complexity index is 367. The zero-order chi connectivity index (χ0) is 12.7. The number of aromatic hydroxyl groups is 1. The minimum Gasteiger partial charge on any atom is -0.508 e. The van der Waals surface area contributed by atoms with Crippen LogP contribution >= 0.6 is 0 Å². The van der Waals surface area contributed by atoms with Crippen molar-refractivity contribution in [3.8, 4) is 5.75 Å². The highest BCUT2D eigenvalue weighted by Gasteiger charge is 2.20. The molecule has 0 aliphatic rings. The summed E-state index contributed by atoms with van der Waals surface area (Å²) < 4.78 is 9.61. The van der Waals surface area contributed by atoms with E-state index < -0.39 is 12.0 Å². The summed E-state index contributed by atoms with van der Waals surface area (Å²) in [4.78, 5) is 11.6. The molecule has 0 saturated carbocycles. The summed E-state index contributed by atoms with van der Waals surface area (Å²) in [5.74, 6) is -0.281. The highest BCUT2D eigenvalue weighted by molar-refractivity contribution is 5.77. The first-order chi connectivity index (χ1) is 8.19. The van der Waals surface area contributed by atoms with Crippen molar-refractivity contribution in [3.63, 3.8) is 0 Å². The van der Waals surface area contributed by atoms with Crippen LogP contribution in [-0.2, 0) is 14.3 Å². The topological polar surface area (TPSA) is 67.8 Å². The smallest absolute Gasteiger partial charge is 0.327 e. The molecule has 0 fully saturated rings. The molecule has 0 radical (unpaired) electrons. The molecule has 17 heavy (non-hydrogen) atoms. The van der Waals surface area contributed by atoms with E-state index in [0.29, 0.717) is 18.7 Å². The van der Waals surface area contributed by atoms with Gasteiger partial charge in [-0.15, -0.1) is 0 Å². The van der Waals surface area contributed by atoms with Gasteiger partial charge in [-0.05, 0) is 17.7 Å². The van der Waals surface area contributed by atoms with Gasteiger partial charge in [0.05, 0.1) is 13.7 Å². The van der Waals surface area contributed by atoms with Gasteiger partial charge in [0.25, 0.3) is 0 Å². The second-order valence-corrected chi connectivity index (χ2v) is 3.50. The average Bonchev–Trinajstić information content (AvgIpc) is 2.34. The van der Waals surface area contributed by atoms with Crippen LogP contribution in [0.25, 0.3) is 0 Å². The summed E-state index contributed by atoms with van der Waals surface area (Å²) in [7, 11) is 2.92. The molecule has 1 rings (SSSR count). The van der Waals surface area contributed by atoms with Gasteiger partial charge >= 0.3 is 5.97 Å². The molecule has 1 aromatic rings. The molecule has 0 aliphatic heterocycles. The lowest BCUT2D eigenvalue weighted by atomic mass is 10.1. The van der Waals surface area contributed by atoms with Gasteiger partial charge in [-0.25, -0.2) is 4.79 Å². The number of nitrogens with one attached hydrogen (secondary N) is 1. The molecule has 0 aromatic heterocycles. The summed E-state index contributed by atoms with van der Waals surface area (Å²) >= 11 is 0. The van der Waals surface area contributed by atoms with E-state index in [2.05, 4.69) is 5.32 Å². The average molecular weight is 239 g/mol. The Morgan fingerprint density at radius 3 is 2.82 bits per heavy atom. The summed E-state index contributed by atoms with van der Waals surface area (Å²) in [5, 5.41) is 12.4. The fraction of sp³-hybridized carbons (Fsp3) is 0.417. The molecule has 0 bridgehead atoms. The fourth-order valence-corrected chi connectivity index (χ4v) is 1.46. The van der Waals surface area contributed by atoms with Gasteiger partial charge in [0.2, 0.25) is 0 Å². The molecule has 1 unspecified atom stereocenters. The monoisotopic (exact) mass is 239 g/mol. The summed E-state index contributed by atoms with van der Waals surface area (Å²) in [6.07, 6.45) is 0. The van der Waals surface area contributed by atoms with E-state index in [1.165, 1.54) is 13.2 Å². The molecule has 1 atom stereocenters. The fourth-order valence-electron chi connectivity index (χ4n) is 1.46. The van der Waals surface area contributed by atoms with Crippen molar-refractivity contribution < 1.29 is 19.4 Å². The highest BCUT2D eigenvalue weighted by Crippen LogP contribution is 2.19. The van der Waals surface area contributed by atoms with Crippen molar-refractivity contribution in [1.29, 1.82) is 0 Å². The molecule has 94 valence electrons. The number of esters is 1. The predicted octanol–water partition coefficient (Wildman–Crippen LogP) is 0.842. The Morgan fingerprint density at radius 1 is 1.47 bits per heavy atom. The summed E-state index contributed by atoms with van der Waals surface area (Å²) in [6.45, 7) is 1.01. The van der Waals surface area contributed by atoms with Gasteiger partial charge in [-0.1, -0.05) is 12.1 Å². The zero-order valence-electron chi connectivity index (χ0n) is 9.97. The van der Waals surface area contributed by atoms with Crippen LogP contribution in [0.3, 0.4) is 0 Å². The van der Waals surface area contributed by atoms with E-state index in [1.54, 1.807) is 25.3 Å². The molecule has 0 heterocycles. The van der Waals surface area contributed by atoms with Crippen molar-refractivity contribution in [1.82, 2.24) is 5.32 Å². The van der Waals surface area contributed by atoms with E-state index >= 15 is 0 Å². The van der Waals surface area contributed by atoms with Crippen molar-refractivity contribution >= 4 is 5.97 Å². The van der Waals surface area contributed by atoms with Crippen molar-refractivity contribution in [3.05, 3.63) is 29.8 Å². The number of phenolic OH excluding ortho intramolecular Hbond substituents is 1. The maximum atomic E-state index is 11.6. The van der Waals surface area contributed by atoms with Gasteiger partial charge in [-0.2, -0.15) is 0 Å². The van der Waals surface area contributed by atoms with Gasteiger partial charge < -0.3 is 14.6 Å². The molecule has 2 N–H and O–H groups in total. The van der Waals surface area contributed by atoms with Gasteiger partial charge in [0.1, 0.15) is 11.8 Å². The lowest BCUT2D eigenvalue weighted by Gasteiger charge is -2.16. The van der Waals surface area contributed by atoms with Crippen LogP contribution in [0, 0.1) is 0 Å². The van der Waals surface area contributed by atoms with Crippen LogP contribution in [0.1, 0.15) is 11.6 Å². The van der Waals surface area contributed by atoms with Crippen LogP contribution in [0.15, 0.2) is 24.3 Å². The van der Waals surface area contributed by atoms with Crippen LogP contribution in [0.4, 0.5) is 0 Å². The second kappa shape index (κ2) is 6.88. The number of benzene rings is 1. The quantitative estimate of drug-likeness (QED) is 0.569. The van der Waals surface area contributed by atoms with Crippen LogP contribution < -0.4 is 5.32 Å². The minimum absolute atomic E-state index is 0.116. The molecular formula is C12H17NO4. The lowest BCUT2D eigenvalue weighted by molar-refractivity contribution is -0.143. The third kappa shape index (κ3) is 4.05. The lowest BCUT2D eigenvalue weighted by Crippen LogP contribution is -2.31. The Balaban J connectivity index is 2.78. The number of rotatable bonds is 6. The molecule has 5 nitrogen and oxygen atoms in total. The van der Waals surface area contributed by atoms with Crippen LogP contribution in [0.2, 0.25) is 0 Å².